The van der Waals surface area contributed by atoms with Crippen LogP contribution in [0.4, 0.5) is 4.39 Å². The topological polar surface area (TPSA) is 55.2 Å². The second-order valence-electron chi connectivity index (χ2n) is 7.58. The van der Waals surface area contributed by atoms with Gasteiger partial charge < -0.3 is 4.90 Å². The third kappa shape index (κ3) is 4.43. The third-order valence-electron chi connectivity index (χ3n) is 5.51. The first-order valence-corrected chi connectivity index (χ1v) is 11.5. The SMILES string of the molecule is CCC(c1nc2ccccc2c(=O)n1-c1ccc(F)c(Cl)c1)N(C)C(=O)c1cccc(Br)c1. The predicted molar refractivity (Wildman–Crippen MR) is 132 cm³/mol. The van der Waals surface area contributed by atoms with Gasteiger partial charge in [-0.25, -0.2) is 9.37 Å². The van der Waals surface area contributed by atoms with Crippen LogP contribution in [0, 0.1) is 5.82 Å². The van der Waals surface area contributed by atoms with Crippen LogP contribution < -0.4 is 5.56 Å². The molecule has 0 saturated carbocycles. The Kier molecular flexibility index (Phi) is 6.63. The van der Waals surface area contributed by atoms with Gasteiger partial charge in [0, 0.05) is 17.1 Å². The summed E-state index contributed by atoms with van der Waals surface area (Å²) in [6, 6.07) is 17.7. The minimum atomic E-state index is -0.585. The van der Waals surface area contributed by atoms with E-state index in [4.69, 9.17) is 16.6 Å². The summed E-state index contributed by atoms with van der Waals surface area (Å²) in [5, 5.41) is 0.308. The van der Waals surface area contributed by atoms with E-state index in [0.717, 1.165) is 4.47 Å². The van der Waals surface area contributed by atoms with Gasteiger partial charge in [-0.2, -0.15) is 0 Å². The Balaban J connectivity index is 1.93. The highest BCUT2D eigenvalue weighted by Gasteiger charge is 2.27. The minimum Gasteiger partial charge on any atom is -0.332 e. The fourth-order valence-electron chi connectivity index (χ4n) is 3.84. The molecule has 0 spiro atoms. The summed E-state index contributed by atoms with van der Waals surface area (Å²) in [7, 11) is 1.68. The van der Waals surface area contributed by atoms with Crippen LogP contribution in [0.5, 0.6) is 0 Å². The number of amides is 1. The molecular weight excluding hydrogens is 509 g/mol. The Bertz CT molecular complexity index is 1420. The van der Waals surface area contributed by atoms with E-state index >= 15 is 0 Å². The van der Waals surface area contributed by atoms with E-state index in [1.165, 1.54) is 22.8 Å². The highest BCUT2D eigenvalue weighted by Crippen LogP contribution is 2.28. The largest absolute Gasteiger partial charge is 0.332 e. The zero-order valence-corrected chi connectivity index (χ0v) is 20.3. The van der Waals surface area contributed by atoms with Crippen molar-refractivity contribution in [3.8, 4) is 5.69 Å². The average molecular weight is 529 g/mol. The first-order valence-electron chi connectivity index (χ1n) is 10.3. The summed E-state index contributed by atoms with van der Waals surface area (Å²) in [6.45, 7) is 1.92. The molecule has 4 aromatic rings. The Labute approximate surface area is 203 Å². The smallest absolute Gasteiger partial charge is 0.266 e. The molecular formula is C25H20BrClFN3O2. The molecule has 0 fully saturated rings. The summed E-state index contributed by atoms with van der Waals surface area (Å²) in [4.78, 5) is 33.2. The van der Waals surface area contributed by atoms with Crippen LogP contribution in [0.15, 0.2) is 76.0 Å². The molecule has 1 amide bonds. The molecule has 0 aliphatic carbocycles. The number of hydrogen-bond acceptors (Lipinski definition) is 3. The van der Waals surface area contributed by atoms with Gasteiger partial charge >= 0.3 is 0 Å². The summed E-state index contributed by atoms with van der Waals surface area (Å²) >= 11 is 9.43. The predicted octanol–water partition coefficient (Wildman–Crippen LogP) is 6.16. The maximum Gasteiger partial charge on any atom is 0.266 e. The van der Waals surface area contributed by atoms with E-state index in [0.29, 0.717) is 34.4 Å². The maximum atomic E-state index is 13.9. The first-order chi connectivity index (χ1) is 15.8. The lowest BCUT2D eigenvalue weighted by Gasteiger charge is -2.29. The number of halogens is 3. The molecule has 0 bridgehead atoms. The van der Waals surface area contributed by atoms with E-state index in [9.17, 15) is 14.0 Å². The van der Waals surface area contributed by atoms with Gasteiger partial charge in [-0.3, -0.25) is 14.2 Å². The quantitative estimate of drug-likeness (QED) is 0.312. The molecule has 168 valence electrons. The molecule has 1 heterocycles. The molecule has 0 aliphatic rings. The van der Waals surface area contributed by atoms with Crippen LogP contribution in [0.25, 0.3) is 16.6 Å². The zero-order chi connectivity index (χ0) is 23.7. The molecule has 0 saturated heterocycles. The van der Waals surface area contributed by atoms with Crippen molar-refractivity contribution in [2.45, 2.75) is 19.4 Å². The fraction of sp³-hybridized carbons (Fsp3) is 0.160. The number of fused-ring (bicyclic) bond motifs is 1. The second kappa shape index (κ2) is 9.45. The number of para-hydroxylation sites is 1. The normalized spacial score (nSPS) is 12.0. The summed E-state index contributed by atoms with van der Waals surface area (Å²) < 4.78 is 16.1. The van der Waals surface area contributed by atoms with E-state index in [1.54, 1.807) is 54.4 Å². The van der Waals surface area contributed by atoms with E-state index in [2.05, 4.69) is 15.9 Å². The summed E-state index contributed by atoms with van der Waals surface area (Å²) in [6.07, 6.45) is 0.496. The molecule has 5 nitrogen and oxygen atoms in total. The van der Waals surface area contributed by atoms with Gasteiger partial charge in [0.15, 0.2) is 0 Å². The molecule has 1 aromatic heterocycles. The lowest BCUT2D eigenvalue weighted by Crippen LogP contribution is -2.36. The van der Waals surface area contributed by atoms with Gasteiger partial charge in [0.1, 0.15) is 11.6 Å². The number of aromatic nitrogens is 2. The van der Waals surface area contributed by atoms with Gasteiger partial charge in [-0.05, 0) is 55.0 Å². The summed E-state index contributed by atoms with van der Waals surface area (Å²) in [5.74, 6) is -0.429. The Hall–Kier alpha value is -3.03. The van der Waals surface area contributed by atoms with Gasteiger partial charge in [-0.15, -0.1) is 0 Å². The van der Waals surface area contributed by atoms with Crippen LogP contribution in [0.1, 0.15) is 35.6 Å². The van der Waals surface area contributed by atoms with E-state index in [1.807, 2.05) is 13.0 Å². The van der Waals surface area contributed by atoms with Crippen molar-refractivity contribution in [2.75, 3.05) is 7.05 Å². The molecule has 33 heavy (non-hydrogen) atoms. The van der Waals surface area contributed by atoms with E-state index in [-0.39, 0.29) is 16.5 Å². The molecule has 0 aliphatic heterocycles. The van der Waals surface area contributed by atoms with Gasteiger partial charge in [0.05, 0.1) is 27.7 Å². The van der Waals surface area contributed by atoms with Crippen molar-refractivity contribution in [3.05, 3.63) is 104 Å². The molecule has 1 unspecified atom stereocenters. The third-order valence-corrected chi connectivity index (χ3v) is 6.29. The standard InChI is InChI=1S/C25H20BrClFN3O2/c1-3-22(30(2)24(32)15-7-6-8-16(26)13-15)23-29-21-10-5-4-9-18(21)25(33)31(23)17-11-12-20(28)19(27)14-17/h4-14,22H,3H2,1-2H3. The molecule has 4 rings (SSSR count). The average Bonchev–Trinajstić information content (AvgIpc) is 2.81. The second-order valence-corrected chi connectivity index (χ2v) is 8.90. The fourth-order valence-corrected chi connectivity index (χ4v) is 4.42. The van der Waals surface area contributed by atoms with Crippen molar-refractivity contribution < 1.29 is 9.18 Å². The van der Waals surface area contributed by atoms with E-state index < -0.39 is 11.9 Å². The first kappa shape index (κ1) is 23.1. The van der Waals surface area contributed by atoms with Crippen LogP contribution in [0.2, 0.25) is 5.02 Å². The molecule has 1 atom stereocenters. The number of nitrogens with zero attached hydrogens (tertiary/aromatic N) is 3. The van der Waals surface area contributed by atoms with Crippen LogP contribution in [-0.4, -0.2) is 27.4 Å². The van der Waals surface area contributed by atoms with Crippen LogP contribution in [0.3, 0.4) is 0 Å². The number of rotatable bonds is 5. The molecule has 3 aromatic carbocycles. The summed E-state index contributed by atoms with van der Waals surface area (Å²) in [5.41, 5.74) is 1.08. The number of carbonyl (C=O) groups excluding carboxylic acids is 1. The Morgan fingerprint density at radius 2 is 1.91 bits per heavy atom. The van der Waals surface area contributed by atoms with Crippen LogP contribution in [-0.2, 0) is 0 Å². The number of carbonyl (C=O) groups is 1. The lowest BCUT2D eigenvalue weighted by atomic mass is 10.1. The Morgan fingerprint density at radius 1 is 1.15 bits per heavy atom. The monoisotopic (exact) mass is 527 g/mol. The minimum absolute atomic E-state index is 0.106. The number of hydrogen-bond donors (Lipinski definition) is 0. The lowest BCUT2D eigenvalue weighted by molar-refractivity contribution is 0.0717. The van der Waals surface area contributed by atoms with Crippen molar-refractivity contribution in [1.82, 2.24) is 14.5 Å². The zero-order valence-electron chi connectivity index (χ0n) is 17.9. The van der Waals surface area contributed by atoms with Crippen molar-refractivity contribution in [1.29, 1.82) is 0 Å². The van der Waals surface area contributed by atoms with Gasteiger partial charge in [0.25, 0.3) is 11.5 Å². The van der Waals surface area contributed by atoms with Crippen molar-refractivity contribution >= 4 is 44.3 Å². The van der Waals surface area contributed by atoms with Gasteiger partial charge in [0.2, 0.25) is 0 Å². The highest BCUT2D eigenvalue weighted by molar-refractivity contribution is 9.10. The molecule has 0 N–H and O–H groups in total. The maximum absolute atomic E-state index is 13.9. The Morgan fingerprint density at radius 3 is 2.61 bits per heavy atom. The molecule has 8 heteroatoms. The van der Waals surface area contributed by atoms with Gasteiger partial charge in [-0.1, -0.05) is 52.7 Å². The van der Waals surface area contributed by atoms with Crippen molar-refractivity contribution in [3.63, 3.8) is 0 Å². The van der Waals surface area contributed by atoms with Crippen LogP contribution >= 0.6 is 27.5 Å². The highest BCUT2D eigenvalue weighted by atomic mass is 79.9. The van der Waals surface area contributed by atoms with Crippen molar-refractivity contribution in [2.24, 2.45) is 0 Å². The number of benzene rings is 3. The molecule has 0 radical (unpaired) electrons.